The highest BCUT2D eigenvalue weighted by Crippen LogP contribution is 2.20. The number of nitrogens with zero attached hydrogens (tertiary/aromatic N) is 2. The van der Waals surface area contributed by atoms with Crippen molar-refractivity contribution < 1.29 is 9.47 Å². The van der Waals surface area contributed by atoms with Crippen LogP contribution in [0, 0.1) is 6.92 Å². The highest BCUT2D eigenvalue weighted by atomic mass is 127. The van der Waals surface area contributed by atoms with E-state index in [1.165, 1.54) is 0 Å². The van der Waals surface area contributed by atoms with Crippen LogP contribution in [0.4, 0.5) is 0 Å². The normalized spacial score (nSPS) is 10.9. The summed E-state index contributed by atoms with van der Waals surface area (Å²) in [5.41, 5.74) is 3.21. The molecule has 2 rings (SSSR count). The topological polar surface area (TPSA) is 67.8 Å². The maximum atomic E-state index is 5.88. The van der Waals surface area contributed by atoms with Crippen molar-refractivity contribution in [2.24, 2.45) is 4.99 Å². The summed E-state index contributed by atoms with van der Waals surface area (Å²) in [6.07, 6.45) is 1.78. The summed E-state index contributed by atoms with van der Waals surface area (Å²) in [6.45, 7) is 7.09. The third-order valence-electron chi connectivity index (χ3n) is 3.75. The van der Waals surface area contributed by atoms with E-state index in [4.69, 9.17) is 9.47 Å². The molecule has 1 aromatic carbocycles. The van der Waals surface area contributed by atoms with E-state index < -0.39 is 0 Å². The van der Waals surface area contributed by atoms with Crippen molar-refractivity contribution in [3.8, 4) is 5.75 Å². The molecular weight excluding hydrogens is 455 g/mol. The minimum atomic E-state index is 0. The van der Waals surface area contributed by atoms with Gasteiger partial charge in [-0.15, -0.1) is 24.0 Å². The molecule has 0 amide bonds. The van der Waals surface area contributed by atoms with Crippen molar-refractivity contribution in [1.82, 2.24) is 15.6 Å². The van der Waals surface area contributed by atoms with Crippen LogP contribution in [0.1, 0.15) is 23.7 Å². The number of pyridine rings is 1. The molecular formula is C20H29IN4O2. The standard InChI is InChI=1S/C20H28N4O2.HI/c1-4-25-11-12-26-19-13-16(2)8-9-17(19)14-23-20(21-3)24-15-18-7-5-6-10-22-18;/h5-10,13H,4,11-12,14-15H2,1-3H3,(H2,21,23,24);1H. The number of aliphatic imine (C=N–C) groups is 1. The van der Waals surface area contributed by atoms with Crippen molar-refractivity contribution in [3.05, 3.63) is 59.4 Å². The van der Waals surface area contributed by atoms with Crippen LogP contribution < -0.4 is 15.4 Å². The number of benzene rings is 1. The van der Waals surface area contributed by atoms with E-state index in [2.05, 4.69) is 39.7 Å². The largest absolute Gasteiger partial charge is 0.491 e. The lowest BCUT2D eigenvalue weighted by Gasteiger charge is -2.15. The lowest BCUT2D eigenvalue weighted by atomic mass is 10.1. The van der Waals surface area contributed by atoms with Gasteiger partial charge in [-0.25, -0.2) is 0 Å². The minimum Gasteiger partial charge on any atom is -0.491 e. The predicted octanol–water partition coefficient (Wildman–Crippen LogP) is 3.29. The van der Waals surface area contributed by atoms with Gasteiger partial charge in [0.05, 0.1) is 18.8 Å². The molecule has 1 heterocycles. The van der Waals surface area contributed by atoms with Gasteiger partial charge in [0.2, 0.25) is 0 Å². The number of aryl methyl sites for hydroxylation is 1. The van der Waals surface area contributed by atoms with E-state index in [9.17, 15) is 0 Å². The average Bonchev–Trinajstić information content (AvgIpc) is 2.67. The third-order valence-corrected chi connectivity index (χ3v) is 3.75. The number of rotatable bonds is 9. The monoisotopic (exact) mass is 484 g/mol. The van der Waals surface area contributed by atoms with Gasteiger partial charge in [-0.2, -0.15) is 0 Å². The van der Waals surface area contributed by atoms with Crippen molar-refractivity contribution in [2.45, 2.75) is 26.9 Å². The number of nitrogens with one attached hydrogen (secondary N) is 2. The summed E-state index contributed by atoms with van der Waals surface area (Å²) >= 11 is 0. The van der Waals surface area contributed by atoms with Crippen molar-refractivity contribution in [3.63, 3.8) is 0 Å². The first kappa shape index (κ1) is 23.2. The molecule has 0 bridgehead atoms. The van der Waals surface area contributed by atoms with Crippen LogP contribution in [-0.2, 0) is 17.8 Å². The second kappa shape index (κ2) is 13.3. The van der Waals surface area contributed by atoms with E-state index >= 15 is 0 Å². The number of guanidine groups is 1. The van der Waals surface area contributed by atoms with Crippen molar-refractivity contribution >= 4 is 29.9 Å². The fourth-order valence-corrected chi connectivity index (χ4v) is 2.37. The van der Waals surface area contributed by atoms with Gasteiger partial charge in [0, 0.05) is 32.0 Å². The van der Waals surface area contributed by atoms with Gasteiger partial charge in [-0.3, -0.25) is 9.98 Å². The molecule has 0 atom stereocenters. The fraction of sp³-hybridized carbons (Fsp3) is 0.400. The fourth-order valence-electron chi connectivity index (χ4n) is 2.37. The molecule has 0 aliphatic rings. The van der Waals surface area contributed by atoms with Gasteiger partial charge in [-0.05, 0) is 37.6 Å². The molecule has 0 saturated heterocycles. The third kappa shape index (κ3) is 8.57. The molecule has 0 aliphatic heterocycles. The molecule has 0 aliphatic carbocycles. The van der Waals surface area contributed by atoms with Crippen molar-refractivity contribution in [1.29, 1.82) is 0 Å². The van der Waals surface area contributed by atoms with Crippen LogP contribution in [0.5, 0.6) is 5.75 Å². The Bertz CT molecular complexity index is 696. The van der Waals surface area contributed by atoms with Crippen LogP contribution in [0.25, 0.3) is 0 Å². The second-order valence-corrected chi connectivity index (χ2v) is 5.76. The molecule has 0 saturated carbocycles. The molecule has 0 unspecified atom stereocenters. The molecule has 0 spiro atoms. The zero-order valence-corrected chi connectivity index (χ0v) is 18.5. The molecule has 2 N–H and O–H groups in total. The first-order valence-electron chi connectivity index (χ1n) is 8.87. The van der Waals surface area contributed by atoms with Crippen LogP contribution in [-0.4, -0.2) is 37.8 Å². The lowest BCUT2D eigenvalue weighted by Crippen LogP contribution is -2.36. The van der Waals surface area contributed by atoms with E-state index in [1.807, 2.05) is 31.2 Å². The van der Waals surface area contributed by atoms with E-state index in [-0.39, 0.29) is 24.0 Å². The first-order valence-corrected chi connectivity index (χ1v) is 8.87. The summed E-state index contributed by atoms with van der Waals surface area (Å²) in [5.74, 6) is 1.59. The van der Waals surface area contributed by atoms with Gasteiger partial charge in [-0.1, -0.05) is 18.2 Å². The molecule has 148 valence electrons. The highest BCUT2D eigenvalue weighted by molar-refractivity contribution is 14.0. The quantitative estimate of drug-likeness (QED) is 0.248. The lowest BCUT2D eigenvalue weighted by molar-refractivity contribution is 0.110. The molecule has 0 radical (unpaired) electrons. The van der Waals surface area contributed by atoms with Gasteiger partial charge in [0.25, 0.3) is 0 Å². The molecule has 6 nitrogen and oxygen atoms in total. The summed E-state index contributed by atoms with van der Waals surface area (Å²) in [6, 6.07) is 12.1. The number of halogens is 1. The Balaban J connectivity index is 0.00000364. The van der Waals surface area contributed by atoms with Crippen LogP contribution in [0.2, 0.25) is 0 Å². The SMILES string of the molecule is CCOCCOc1cc(C)ccc1CNC(=NC)NCc1ccccn1.I. The average molecular weight is 484 g/mol. The molecule has 2 aromatic rings. The number of ether oxygens (including phenoxy) is 2. The maximum Gasteiger partial charge on any atom is 0.191 e. The molecule has 7 heteroatoms. The van der Waals surface area contributed by atoms with Gasteiger partial charge < -0.3 is 20.1 Å². The molecule has 27 heavy (non-hydrogen) atoms. The Morgan fingerprint density at radius 2 is 1.93 bits per heavy atom. The van der Waals surface area contributed by atoms with Gasteiger partial charge >= 0.3 is 0 Å². The minimum absolute atomic E-state index is 0. The molecule has 1 aromatic heterocycles. The summed E-state index contributed by atoms with van der Waals surface area (Å²) in [4.78, 5) is 8.56. The molecule has 0 fully saturated rings. The number of aromatic nitrogens is 1. The summed E-state index contributed by atoms with van der Waals surface area (Å²) in [7, 11) is 1.75. The highest BCUT2D eigenvalue weighted by Gasteiger charge is 2.06. The number of hydrogen-bond donors (Lipinski definition) is 2. The van der Waals surface area contributed by atoms with Gasteiger partial charge in [0.1, 0.15) is 12.4 Å². The zero-order chi connectivity index (χ0) is 18.6. The number of hydrogen-bond acceptors (Lipinski definition) is 4. The Hall–Kier alpha value is -1.87. The van der Waals surface area contributed by atoms with Gasteiger partial charge in [0.15, 0.2) is 5.96 Å². The first-order chi connectivity index (χ1) is 12.7. The summed E-state index contributed by atoms with van der Waals surface area (Å²) < 4.78 is 11.2. The van der Waals surface area contributed by atoms with E-state index in [0.717, 1.165) is 28.5 Å². The predicted molar refractivity (Wildman–Crippen MR) is 120 cm³/mol. The second-order valence-electron chi connectivity index (χ2n) is 5.76. The smallest absolute Gasteiger partial charge is 0.191 e. The maximum absolute atomic E-state index is 5.88. The van der Waals surface area contributed by atoms with Crippen LogP contribution in [0.3, 0.4) is 0 Å². The summed E-state index contributed by atoms with van der Waals surface area (Å²) in [5, 5.41) is 6.58. The zero-order valence-electron chi connectivity index (χ0n) is 16.2. The van der Waals surface area contributed by atoms with Crippen molar-refractivity contribution in [2.75, 3.05) is 26.9 Å². The van der Waals surface area contributed by atoms with E-state index in [1.54, 1.807) is 13.2 Å². The van der Waals surface area contributed by atoms with Crippen LogP contribution >= 0.6 is 24.0 Å². The Labute approximate surface area is 178 Å². The Kier molecular flexibility index (Phi) is 11.4. The Morgan fingerprint density at radius 1 is 1.11 bits per heavy atom. The van der Waals surface area contributed by atoms with E-state index in [0.29, 0.717) is 32.9 Å². The Morgan fingerprint density at radius 3 is 2.63 bits per heavy atom. The van der Waals surface area contributed by atoms with Crippen LogP contribution in [0.15, 0.2) is 47.6 Å².